The zero-order valence-electron chi connectivity index (χ0n) is 18.9. The average Bonchev–Trinajstić information content (AvgIpc) is 3.23. The second-order valence-corrected chi connectivity index (χ2v) is 7.63. The molecule has 1 heterocycles. The van der Waals surface area contributed by atoms with Crippen LogP contribution < -0.4 is 18.9 Å². The number of carbonyl (C=O) groups is 1. The van der Waals surface area contributed by atoms with Crippen LogP contribution in [0.25, 0.3) is 6.08 Å². The van der Waals surface area contributed by atoms with Crippen LogP contribution in [0.3, 0.4) is 0 Å². The molecule has 0 N–H and O–H groups in total. The summed E-state index contributed by atoms with van der Waals surface area (Å²) in [5.74, 6) is 0.992. The number of hydrogen-bond donors (Lipinski definition) is 0. The molecule has 0 saturated carbocycles. The number of carbonyl (C=O) groups excluding carboxylic acids is 1. The van der Waals surface area contributed by atoms with Crippen LogP contribution in [-0.4, -0.2) is 39.3 Å². The Morgan fingerprint density at radius 1 is 0.943 bits per heavy atom. The molecule has 0 fully saturated rings. The van der Waals surface area contributed by atoms with Crippen molar-refractivity contribution in [2.75, 3.05) is 27.4 Å². The molecule has 0 aromatic heterocycles. The first-order valence-electron chi connectivity index (χ1n) is 10.5. The number of methoxy groups -OCH3 is 2. The van der Waals surface area contributed by atoms with E-state index in [2.05, 4.69) is 4.99 Å². The van der Waals surface area contributed by atoms with E-state index in [4.69, 9.17) is 35.3 Å². The monoisotopic (exact) mass is 497 g/mol. The minimum absolute atomic E-state index is 0.0707. The van der Waals surface area contributed by atoms with Gasteiger partial charge in [-0.3, -0.25) is 0 Å². The number of para-hydroxylation sites is 2. The Morgan fingerprint density at radius 2 is 1.63 bits per heavy atom. The highest BCUT2D eigenvalue weighted by Crippen LogP contribution is 2.37. The van der Waals surface area contributed by atoms with Crippen LogP contribution >= 0.6 is 11.6 Å². The van der Waals surface area contributed by atoms with Gasteiger partial charge in [0, 0.05) is 5.56 Å². The molecule has 1 aliphatic rings. The lowest BCUT2D eigenvalue weighted by atomic mass is 10.1. The fourth-order valence-corrected chi connectivity index (χ4v) is 3.55. The predicted molar refractivity (Wildman–Crippen MR) is 129 cm³/mol. The first kappa shape index (κ1) is 24.1. The van der Waals surface area contributed by atoms with Crippen molar-refractivity contribution in [3.63, 3.8) is 0 Å². The van der Waals surface area contributed by atoms with Crippen molar-refractivity contribution in [3.8, 4) is 23.0 Å². The number of nitrogens with zero attached hydrogens (tertiary/aromatic N) is 1. The lowest BCUT2D eigenvalue weighted by Gasteiger charge is -2.14. The van der Waals surface area contributed by atoms with Gasteiger partial charge >= 0.3 is 5.97 Å². The summed E-state index contributed by atoms with van der Waals surface area (Å²) < 4.78 is 40.6. The highest BCUT2D eigenvalue weighted by atomic mass is 35.5. The number of esters is 1. The van der Waals surface area contributed by atoms with E-state index in [1.165, 1.54) is 37.5 Å². The normalized spacial score (nSPS) is 13.9. The third kappa shape index (κ3) is 5.73. The van der Waals surface area contributed by atoms with Gasteiger partial charge in [0.2, 0.25) is 5.90 Å². The summed E-state index contributed by atoms with van der Waals surface area (Å²) in [5.41, 5.74) is 1.11. The molecule has 3 aromatic rings. The van der Waals surface area contributed by atoms with Crippen molar-refractivity contribution >= 4 is 29.5 Å². The predicted octanol–water partition coefficient (Wildman–Crippen LogP) is 5.30. The van der Waals surface area contributed by atoms with E-state index in [-0.39, 0.29) is 29.8 Å². The molecular weight excluding hydrogens is 477 g/mol. The van der Waals surface area contributed by atoms with Gasteiger partial charge in [0.15, 0.2) is 28.7 Å². The van der Waals surface area contributed by atoms with Crippen LogP contribution in [0.15, 0.2) is 71.4 Å². The van der Waals surface area contributed by atoms with E-state index in [1.807, 2.05) is 12.1 Å². The van der Waals surface area contributed by atoms with E-state index in [0.29, 0.717) is 34.1 Å². The van der Waals surface area contributed by atoms with Crippen molar-refractivity contribution in [3.05, 3.63) is 88.3 Å². The number of aliphatic imine (C=N–C) groups is 1. The van der Waals surface area contributed by atoms with Crippen molar-refractivity contribution in [2.24, 2.45) is 4.99 Å². The molecule has 0 spiro atoms. The van der Waals surface area contributed by atoms with Gasteiger partial charge in [-0.2, -0.15) is 0 Å². The van der Waals surface area contributed by atoms with Gasteiger partial charge in [-0.25, -0.2) is 14.2 Å². The Bertz CT molecular complexity index is 1290. The zero-order valence-corrected chi connectivity index (χ0v) is 19.7. The maximum Gasteiger partial charge on any atom is 0.363 e. The van der Waals surface area contributed by atoms with Crippen molar-refractivity contribution in [1.29, 1.82) is 0 Å². The van der Waals surface area contributed by atoms with Crippen molar-refractivity contribution < 1.29 is 32.9 Å². The average molecular weight is 498 g/mol. The molecule has 1 aliphatic heterocycles. The van der Waals surface area contributed by atoms with E-state index < -0.39 is 11.8 Å². The van der Waals surface area contributed by atoms with Crippen LogP contribution in [0.4, 0.5) is 4.39 Å². The van der Waals surface area contributed by atoms with Gasteiger partial charge in [0.05, 0.1) is 19.2 Å². The fourth-order valence-electron chi connectivity index (χ4n) is 3.28. The van der Waals surface area contributed by atoms with Crippen LogP contribution in [0.2, 0.25) is 5.02 Å². The minimum Gasteiger partial charge on any atom is -0.493 e. The molecule has 0 atom stereocenters. The Balaban J connectivity index is 1.47. The Morgan fingerprint density at radius 3 is 2.34 bits per heavy atom. The number of cyclic esters (lactones) is 1. The number of halogens is 2. The largest absolute Gasteiger partial charge is 0.493 e. The van der Waals surface area contributed by atoms with Gasteiger partial charge in [-0.1, -0.05) is 23.7 Å². The zero-order chi connectivity index (χ0) is 24.8. The summed E-state index contributed by atoms with van der Waals surface area (Å²) in [6, 6.07) is 16.1. The summed E-state index contributed by atoms with van der Waals surface area (Å²) in [6.45, 7) is 0.449. The molecule has 3 aromatic carbocycles. The van der Waals surface area contributed by atoms with Gasteiger partial charge in [0.1, 0.15) is 19.0 Å². The van der Waals surface area contributed by atoms with Gasteiger partial charge in [-0.15, -0.1) is 0 Å². The quantitative estimate of drug-likeness (QED) is 0.227. The summed E-state index contributed by atoms with van der Waals surface area (Å²) in [4.78, 5) is 16.5. The van der Waals surface area contributed by atoms with E-state index >= 15 is 0 Å². The van der Waals surface area contributed by atoms with Crippen LogP contribution in [0.5, 0.6) is 23.0 Å². The molecule has 0 radical (unpaired) electrons. The van der Waals surface area contributed by atoms with Gasteiger partial charge < -0.3 is 23.7 Å². The summed E-state index contributed by atoms with van der Waals surface area (Å²) in [5, 5.41) is 0.280. The topological polar surface area (TPSA) is 75.6 Å². The van der Waals surface area contributed by atoms with E-state index in [0.717, 1.165) is 0 Å². The van der Waals surface area contributed by atoms with Gasteiger partial charge in [0.25, 0.3) is 0 Å². The highest BCUT2D eigenvalue weighted by molar-refractivity contribution is 6.32. The Labute approximate surface area is 206 Å². The number of hydrogen-bond acceptors (Lipinski definition) is 7. The van der Waals surface area contributed by atoms with Crippen LogP contribution in [-0.2, 0) is 9.53 Å². The lowest BCUT2D eigenvalue weighted by molar-refractivity contribution is -0.129. The SMILES string of the molecule is COc1ccccc1OCCOc1c(Cl)cc(/C=C2/N=C(c3ccc(F)cc3)OC2=O)cc1OC. The van der Waals surface area contributed by atoms with E-state index in [9.17, 15) is 9.18 Å². The lowest BCUT2D eigenvalue weighted by Crippen LogP contribution is -2.10. The van der Waals surface area contributed by atoms with Crippen LogP contribution in [0, 0.1) is 5.82 Å². The number of ether oxygens (including phenoxy) is 5. The third-order valence-corrected chi connectivity index (χ3v) is 5.20. The molecule has 35 heavy (non-hydrogen) atoms. The van der Waals surface area contributed by atoms with Gasteiger partial charge in [-0.05, 0) is 60.2 Å². The molecule has 7 nitrogen and oxygen atoms in total. The fraction of sp³-hybridized carbons (Fsp3) is 0.154. The maximum absolute atomic E-state index is 13.2. The van der Waals surface area contributed by atoms with E-state index in [1.54, 1.807) is 31.4 Å². The molecule has 180 valence electrons. The molecule has 0 saturated heterocycles. The summed E-state index contributed by atoms with van der Waals surface area (Å²) in [6.07, 6.45) is 1.52. The Hall–Kier alpha value is -4.04. The number of rotatable bonds is 9. The summed E-state index contributed by atoms with van der Waals surface area (Å²) in [7, 11) is 3.05. The molecule has 0 amide bonds. The van der Waals surface area contributed by atoms with Crippen LogP contribution in [0.1, 0.15) is 11.1 Å². The second-order valence-electron chi connectivity index (χ2n) is 7.22. The Kier molecular flexibility index (Phi) is 7.52. The first-order chi connectivity index (χ1) is 17.0. The van der Waals surface area contributed by atoms with Crippen molar-refractivity contribution in [1.82, 2.24) is 0 Å². The van der Waals surface area contributed by atoms with Crippen molar-refractivity contribution in [2.45, 2.75) is 0 Å². The third-order valence-electron chi connectivity index (χ3n) is 4.92. The second kappa shape index (κ2) is 10.9. The standard InChI is InChI=1S/C26H21ClFNO6/c1-31-21-5-3-4-6-22(21)33-11-12-34-24-19(27)13-16(15-23(24)32-2)14-20-26(30)35-25(29-20)17-7-9-18(28)10-8-17/h3-10,13-15H,11-12H2,1-2H3/b20-14+. The smallest absolute Gasteiger partial charge is 0.363 e. The first-order valence-corrected chi connectivity index (χ1v) is 10.9. The molecule has 0 bridgehead atoms. The molecule has 9 heteroatoms. The molecule has 4 rings (SSSR count). The highest BCUT2D eigenvalue weighted by Gasteiger charge is 2.24. The summed E-state index contributed by atoms with van der Waals surface area (Å²) >= 11 is 6.44. The number of benzene rings is 3. The molecular formula is C26H21ClFNO6. The minimum atomic E-state index is -0.631. The maximum atomic E-state index is 13.2. The molecule has 0 aliphatic carbocycles. The molecule has 0 unspecified atom stereocenters.